The number of aliphatic hydroxyl groups is 1. The maximum absolute atomic E-state index is 12.8. The third kappa shape index (κ3) is 4.31. The minimum Gasteiger partial charge on any atom is -0.493 e. The highest BCUT2D eigenvalue weighted by Crippen LogP contribution is 2.45. The standard InChI is InChI=1S/C22H20ClN3O3S/c1-14-7-5-6-10-26(14)22(28)25-18-11-19(30-13-27)20(16(12-24)21(18)29-2)15-8-3-4-9-17(15)23/h3-4,6-11,27H,5,13H2,1-2H3,(H,25,28). The number of amides is 2. The number of nitriles is 1. The molecule has 0 fully saturated rings. The molecule has 0 unspecified atom stereocenters. The SMILES string of the molecule is COc1c(NC(=O)N2C=CCC=C2C)cc(SCO)c(-c2ccccc2Cl)c1C#N. The first kappa shape index (κ1) is 21.8. The van der Waals surface area contributed by atoms with Crippen LogP contribution in [-0.4, -0.2) is 29.1 Å². The van der Waals surface area contributed by atoms with Crippen molar-refractivity contribution in [3.63, 3.8) is 0 Å². The van der Waals surface area contributed by atoms with Gasteiger partial charge in [0.25, 0.3) is 0 Å². The molecule has 154 valence electrons. The number of anilines is 1. The number of aliphatic hydroxyl groups excluding tert-OH is 1. The van der Waals surface area contributed by atoms with E-state index >= 15 is 0 Å². The molecule has 1 aliphatic rings. The quantitative estimate of drug-likeness (QED) is 0.467. The van der Waals surface area contributed by atoms with Gasteiger partial charge in [-0.15, -0.1) is 0 Å². The van der Waals surface area contributed by atoms with Gasteiger partial charge in [0.1, 0.15) is 11.6 Å². The van der Waals surface area contributed by atoms with Gasteiger partial charge in [-0.1, -0.05) is 53.7 Å². The maximum Gasteiger partial charge on any atom is 0.330 e. The Morgan fingerprint density at radius 1 is 1.43 bits per heavy atom. The predicted octanol–water partition coefficient (Wildman–Crippen LogP) is 5.58. The van der Waals surface area contributed by atoms with Crippen molar-refractivity contribution < 1.29 is 14.6 Å². The molecule has 0 aromatic heterocycles. The van der Waals surface area contributed by atoms with Gasteiger partial charge in [0, 0.05) is 32.9 Å². The molecule has 2 aromatic carbocycles. The molecule has 30 heavy (non-hydrogen) atoms. The van der Waals surface area contributed by atoms with Gasteiger partial charge in [-0.2, -0.15) is 5.26 Å². The number of nitrogens with zero attached hydrogens (tertiary/aromatic N) is 2. The minimum atomic E-state index is -0.382. The van der Waals surface area contributed by atoms with E-state index in [1.807, 2.05) is 25.1 Å². The second-order valence-corrected chi connectivity index (χ2v) is 7.73. The van der Waals surface area contributed by atoms with Crippen LogP contribution in [0.25, 0.3) is 11.1 Å². The lowest BCUT2D eigenvalue weighted by atomic mass is 9.98. The highest BCUT2D eigenvalue weighted by atomic mass is 35.5. The number of rotatable bonds is 5. The molecule has 0 radical (unpaired) electrons. The largest absolute Gasteiger partial charge is 0.493 e. The number of methoxy groups -OCH3 is 1. The molecule has 3 rings (SSSR count). The van der Waals surface area contributed by atoms with Gasteiger partial charge in [0.15, 0.2) is 5.75 Å². The summed E-state index contributed by atoms with van der Waals surface area (Å²) < 4.78 is 5.51. The van der Waals surface area contributed by atoms with Crippen LogP contribution in [0.5, 0.6) is 5.75 Å². The van der Waals surface area contributed by atoms with Crippen molar-refractivity contribution >= 4 is 35.1 Å². The van der Waals surface area contributed by atoms with E-state index in [1.165, 1.54) is 12.0 Å². The molecule has 2 amide bonds. The summed E-state index contributed by atoms with van der Waals surface area (Å²) in [6, 6.07) is 10.6. The van der Waals surface area contributed by atoms with Crippen LogP contribution in [0, 0.1) is 11.3 Å². The Bertz CT molecular complexity index is 1080. The van der Waals surface area contributed by atoms with Crippen molar-refractivity contribution in [1.29, 1.82) is 5.26 Å². The molecule has 0 atom stereocenters. The molecule has 0 saturated carbocycles. The lowest BCUT2D eigenvalue weighted by Crippen LogP contribution is -2.30. The Morgan fingerprint density at radius 2 is 2.20 bits per heavy atom. The number of nitrogens with one attached hydrogen (secondary N) is 1. The summed E-state index contributed by atoms with van der Waals surface area (Å²) in [5, 5.41) is 22.8. The molecule has 8 heteroatoms. The summed E-state index contributed by atoms with van der Waals surface area (Å²) in [5.41, 5.74) is 2.54. The van der Waals surface area contributed by atoms with Gasteiger partial charge < -0.3 is 15.2 Å². The molecule has 0 spiro atoms. The summed E-state index contributed by atoms with van der Waals surface area (Å²) in [4.78, 5) is 14.9. The average Bonchev–Trinajstić information content (AvgIpc) is 2.74. The first-order chi connectivity index (χ1) is 14.5. The van der Waals surface area contributed by atoms with Crippen LogP contribution in [0.15, 0.2) is 59.3 Å². The number of hydrogen-bond donors (Lipinski definition) is 2. The maximum atomic E-state index is 12.8. The number of halogens is 1. The van der Waals surface area contributed by atoms with Crippen LogP contribution in [0.3, 0.4) is 0 Å². The van der Waals surface area contributed by atoms with E-state index in [0.29, 0.717) is 26.7 Å². The van der Waals surface area contributed by atoms with E-state index in [0.717, 1.165) is 23.9 Å². The number of urea groups is 1. The monoisotopic (exact) mass is 441 g/mol. The van der Waals surface area contributed by atoms with Gasteiger partial charge in [0.2, 0.25) is 0 Å². The molecule has 0 aliphatic carbocycles. The molecule has 2 N–H and O–H groups in total. The number of hydrogen-bond acceptors (Lipinski definition) is 5. The Kier molecular flexibility index (Phi) is 7.06. The molecular weight excluding hydrogens is 422 g/mol. The summed E-state index contributed by atoms with van der Waals surface area (Å²) in [5.74, 6) is 0.0179. The Morgan fingerprint density at radius 3 is 2.83 bits per heavy atom. The first-order valence-corrected chi connectivity index (χ1v) is 10.5. The van der Waals surface area contributed by atoms with Crippen LogP contribution in [0.2, 0.25) is 5.02 Å². The number of carbonyl (C=O) groups is 1. The van der Waals surface area contributed by atoms with E-state index in [1.54, 1.807) is 30.5 Å². The van der Waals surface area contributed by atoms with Crippen molar-refractivity contribution in [2.75, 3.05) is 18.4 Å². The zero-order valence-corrected chi connectivity index (χ0v) is 18.0. The number of allylic oxidation sites excluding steroid dienone is 3. The molecule has 0 saturated heterocycles. The smallest absolute Gasteiger partial charge is 0.330 e. The fourth-order valence-corrected chi connectivity index (χ4v) is 4.12. The Labute approximate surface area is 184 Å². The first-order valence-electron chi connectivity index (χ1n) is 9.09. The number of carbonyl (C=O) groups excluding carboxylic acids is 1. The van der Waals surface area contributed by atoms with Crippen LogP contribution in [0.1, 0.15) is 18.9 Å². The van der Waals surface area contributed by atoms with Crippen LogP contribution in [0.4, 0.5) is 10.5 Å². The second kappa shape index (κ2) is 9.72. The van der Waals surface area contributed by atoms with Crippen molar-refractivity contribution in [2.45, 2.75) is 18.2 Å². The average molecular weight is 442 g/mol. The Balaban J connectivity index is 2.15. The van der Waals surface area contributed by atoms with Crippen LogP contribution >= 0.6 is 23.4 Å². The molecule has 0 bridgehead atoms. The fourth-order valence-electron chi connectivity index (χ4n) is 3.19. The van der Waals surface area contributed by atoms with Gasteiger partial charge in [-0.25, -0.2) is 4.79 Å². The lowest BCUT2D eigenvalue weighted by molar-refractivity contribution is 0.236. The fraction of sp³-hybridized carbons (Fsp3) is 0.182. The molecular formula is C22H20ClN3O3S. The normalized spacial score (nSPS) is 12.9. The lowest BCUT2D eigenvalue weighted by Gasteiger charge is -2.24. The van der Waals surface area contributed by atoms with Crippen LogP contribution < -0.4 is 10.1 Å². The zero-order valence-electron chi connectivity index (χ0n) is 16.5. The molecule has 2 aromatic rings. The topological polar surface area (TPSA) is 85.6 Å². The van der Waals surface area contributed by atoms with E-state index in [4.69, 9.17) is 16.3 Å². The second-order valence-electron chi connectivity index (χ2n) is 6.34. The van der Waals surface area contributed by atoms with Crippen molar-refractivity contribution in [3.8, 4) is 22.9 Å². The molecule has 1 heterocycles. The van der Waals surface area contributed by atoms with E-state index < -0.39 is 0 Å². The van der Waals surface area contributed by atoms with Gasteiger partial charge in [0.05, 0.1) is 18.7 Å². The van der Waals surface area contributed by atoms with Crippen molar-refractivity contribution in [3.05, 3.63) is 65.0 Å². The van der Waals surface area contributed by atoms with Gasteiger partial charge in [-0.05, 0) is 25.5 Å². The molecule has 6 nitrogen and oxygen atoms in total. The summed E-state index contributed by atoms with van der Waals surface area (Å²) in [6.07, 6.45) is 6.27. The van der Waals surface area contributed by atoms with Crippen LogP contribution in [-0.2, 0) is 0 Å². The van der Waals surface area contributed by atoms with Gasteiger partial charge >= 0.3 is 6.03 Å². The van der Waals surface area contributed by atoms with E-state index in [-0.39, 0.29) is 23.3 Å². The number of thioether (sulfide) groups is 1. The third-order valence-electron chi connectivity index (χ3n) is 4.57. The Hall–Kier alpha value is -2.92. The summed E-state index contributed by atoms with van der Waals surface area (Å²) in [7, 11) is 1.44. The summed E-state index contributed by atoms with van der Waals surface area (Å²) >= 11 is 7.52. The number of ether oxygens (including phenoxy) is 1. The zero-order chi connectivity index (χ0) is 21.7. The highest BCUT2D eigenvalue weighted by molar-refractivity contribution is 7.99. The predicted molar refractivity (Wildman–Crippen MR) is 119 cm³/mol. The molecule has 1 aliphatic heterocycles. The van der Waals surface area contributed by atoms with E-state index in [2.05, 4.69) is 11.4 Å². The highest BCUT2D eigenvalue weighted by Gasteiger charge is 2.24. The minimum absolute atomic E-state index is 0.210. The van der Waals surface area contributed by atoms with Gasteiger partial charge in [-0.3, -0.25) is 4.90 Å². The third-order valence-corrected chi connectivity index (χ3v) is 5.66. The summed E-state index contributed by atoms with van der Waals surface area (Å²) in [6.45, 7) is 1.84. The number of benzene rings is 2. The van der Waals surface area contributed by atoms with Crippen molar-refractivity contribution in [2.24, 2.45) is 0 Å². The van der Waals surface area contributed by atoms with Crippen molar-refractivity contribution in [1.82, 2.24) is 4.90 Å². The van der Waals surface area contributed by atoms with E-state index in [9.17, 15) is 15.2 Å².